The molecule has 0 saturated heterocycles. The largest absolute Gasteiger partial charge is 0.493 e. The molecule has 3 aromatic rings. The second-order valence-corrected chi connectivity index (χ2v) is 6.15. The first-order valence-corrected chi connectivity index (χ1v) is 8.58. The third-order valence-electron chi connectivity index (χ3n) is 4.26. The van der Waals surface area contributed by atoms with Crippen LogP contribution in [0.4, 0.5) is 0 Å². The Hall–Kier alpha value is -3.34. The highest BCUT2D eigenvalue weighted by Crippen LogP contribution is 2.26. The summed E-state index contributed by atoms with van der Waals surface area (Å²) < 4.78 is 7.28. The molecule has 0 spiro atoms. The first-order valence-electron chi connectivity index (χ1n) is 8.58. The maximum absolute atomic E-state index is 12.1. The van der Waals surface area contributed by atoms with Crippen molar-refractivity contribution < 1.29 is 9.53 Å². The zero-order valence-electron chi connectivity index (χ0n) is 14.3. The Labute approximate surface area is 151 Å². The van der Waals surface area contributed by atoms with E-state index in [1.54, 1.807) is 17.0 Å². The first-order chi connectivity index (χ1) is 12.8. The summed E-state index contributed by atoms with van der Waals surface area (Å²) in [5.41, 5.74) is 4.14. The van der Waals surface area contributed by atoms with Crippen LogP contribution in [0, 0.1) is 0 Å². The summed E-state index contributed by atoms with van der Waals surface area (Å²) in [6.45, 7) is 1.17. The molecule has 26 heavy (non-hydrogen) atoms. The number of hydrogen-bond donors (Lipinski definition) is 1. The van der Waals surface area contributed by atoms with E-state index in [2.05, 4.69) is 16.5 Å². The lowest BCUT2D eigenvalue weighted by Crippen LogP contribution is -2.19. The number of nitrogens with one attached hydrogen (secondary N) is 1. The fourth-order valence-electron chi connectivity index (χ4n) is 2.90. The van der Waals surface area contributed by atoms with Crippen molar-refractivity contribution >= 4 is 12.0 Å². The molecule has 0 bridgehead atoms. The van der Waals surface area contributed by atoms with Crippen molar-refractivity contribution in [1.29, 1.82) is 0 Å². The van der Waals surface area contributed by atoms with Crippen LogP contribution < -0.4 is 10.1 Å². The van der Waals surface area contributed by atoms with Crippen LogP contribution in [0.15, 0.2) is 67.0 Å². The topological polar surface area (TPSA) is 56.1 Å². The van der Waals surface area contributed by atoms with Crippen LogP contribution in [-0.4, -0.2) is 22.3 Å². The second kappa shape index (κ2) is 7.27. The highest BCUT2D eigenvalue weighted by atomic mass is 16.5. The maximum atomic E-state index is 12.1. The van der Waals surface area contributed by atoms with Crippen molar-refractivity contribution in [3.63, 3.8) is 0 Å². The van der Waals surface area contributed by atoms with Crippen molar-refractivity contribution in [3.05, 3.63) is 83.7 Å². The number of para-hydroxylation sites is 1. The molecule has 5 nitrogen and oxygen atoms in total. The second-order valence-electron chi connectivity index (χ2n) is 6.15. The molecule has 1 amide bonds. The van der Waals surface area contributed by atoms with E-state index in [1.807, 2.05) is 54.7 Å². The van der Waals surface area contributed by atoms with Crippen LogP contribution >= 0.6 is 0 Å². The van der Waals surface area contributed by atoms with Gasteiger partial charge < -0.3 is 10.1 Å². The molecule has 0 fully saturated rings. The van der Waals surface area contributed by atoms with Gasteiger partial charge in [0, 0.05) is 30.8 Å². The van der Waals surface area contributed by atoms with Crippen molar-refractivity contribution in [2.24, 2.45) is 0 Å². The Kier molecular flexibility index (Phi) is 4.51. The number of fused-ring (bicyclic) bond motifs is 1. The zero-order chi connectivity index (χ0) is 17.8. The number of rotatable bonds is 5. The van der Waals surface area contributed by atoms with Crippen LogP contribution in [0.1, 0.15) is 16.7 Å². The van der Waals surface area contributed by atoms with E-state index in [0.29, 0.717) is 6.54 Å². The van der Waals surface area contributed by atoms with E-state index in [0.717, 1.165) is 35.6 Å². The fraction of sp³-hybridized carbons (Fsp3) is 0.143. The van der Waals surface area contributed by atoms with Gasteiger partial charge in [0.15, 0.2) is 0 Å². The predicted octanol–water partition coefficient (Wildman–Crippen LogP) is 3.14. The third-order valence-corrected chi connectivity index (χ3v) is 4.26. The van der Waals surface area contributed by atoms with Gasteiger partial charge in [-0.05, 0) is 41.5 Å². The van der Waals surface area contributed by atoms with Crippen molar-refractivity contribution in [1.82, 2.24) is 15.1 Å². The number of amides is 1. The summed E-state index contributed by atoms with van der Waals surface area (Å²) in [5.74, 6) is 0.816. The number of hydrogen-bond acceptors (Lipinski definition) is 3. The van der Waals surface area contributed by atoms with Gasteiger partial charge in [-0.1, -0.05) is 24.3 Å². The van der Waals surface area contributed by atoms with E-state index >= 15 is 0 Å². The minimum absolute atomic E-state index is 0.130. The summed E-state index contributed by atoms with van der Waals surface area (Å²) in [5, 5.41) is 7.21. The lowest BCUT2D eigenvalue weighted by molar-refractivity contribution is -0.116. The van der Waals surface area contributed by atoms with Gasteiger partial charge in [0.25, 0.3) is 0 Å². The SMILES string of the molecule is O=C(/C=C\c1ccc2c(c1)CCO2)NCc1cnn(-c2ccccc2)c1. The average molecular weight is 345 g/mol. The molecule has 0 radical (unpaired) electrons. The highest BCUT2D eigenvalue weighted by molar-refractivity contribution is 5.91. The molecule has 1 aliphatic rings. The van der Waals surface area contributed by atoms with E-state index in [-0.39, 0.29) is 5.91 Å². The molecular weight excluding hydrogens is 326 g/mol. The number of benzene rings is 2. The molecule has 1 N–H and O–H groups in total. The molecule has 0 saturated carbocycles. The van der Waals surface area contributed by atoms with Crippen molar-refractivity contribution in [2.45, 2.75) is 13.0 Å². The van der Waals surface area contributed by atoms with Gasteiger partial charge in [0.05, 0.1) is 18.5 Å². The van der Waals surface area contributed by atoms with Gasteiger partial charge in [-0.2, -0.15) is 5.10 Å². The summed E-state index contributed by atoms with van der Waals surface area (Å²) in [7, 11) is 0. The van der Waals surface area contributed by atoms with E-state index in [4.69, 9.17) is 4.74 Å². The summed E-state index contributed by atoms with van der Waals surface area (Å²) in [6.07, 6.45) is 7.98. The number of ether oxygens (including phenoxy) is 1. The molecule has 2 heterocycles. The Bertz CT molecular complexity index is 945. The van der Waals surface area contributed by atoms with Gasteiger partial charge in [-0.15, -0.1) is 0 Å². The van der Waals surface area contributed by atoms with Gasteiger partial charge >= 0.3 is 0 Å². The zero-order valence-corrected chi connectivity index (χ0v) is 14.3. The summed E-state index contributed by atoms with van der Waals surface area (Å²) >= 11 is 0. The molecule has 5 heteroatoms. The molecule has 130 valence electrons. The van der Waals surface area contributed by atoms with Crippen molar-refractivity contribution in [3.8, 4) is 11.4 Å². The average Bonchev–Trinajstić information content (AvgIpc) is 3.34. The number of carbonyl (C=O) groups excluding carboxylic acids is 1. The fourth-order valence-corrected chi connectivity index (χ4v) is 2.90. The van der Waals surface area contributed by atoms with Crippen LogP contribution in [0.3, 0.4) is 0 Å². The molecule has 1 aromatic heterocycles. The lowest BCUT2D eigenvalue weighted by Gasteiger charge is -2.01. The van der Waals surface area contributed by atoms with Crippen LogP contribution in [0.5, 0.6) is 5.75 Å². The Morgan fingerprint density at radius 2 is 2.12 bits per heavy atom. The van der Waals surface area contributed by atoms with Crippen LogP contribution in [0.2, 0.25) is 0 Å². The predicted molar refractivity (Wildman–Crippen MR) is 100 cm³/mol. The highest BCUT2D eigenvalue weighted by Gasteiger charge is 2.11. The van der Waals surface area contributed by atoms with E-state index in [9.17, 15) is 4.79 Å². The molecule has 0 atom stereocenters. The first kappa shape index (κ1) is 16.1. The van der Waals surface area contributed by atoms with Crippen molar-refractivity contribution in [2.75, 3.05) is 6.61 Å². The standard InChI is InChI=1S/C21H19N3O2/c25-21(9-7-16-6-8-20-18(12-16)10-11-26-20)22-13-17-14-23-24(15-17)19-4-2-1-3-5-19/h1-9,12,14-15H,10-11,13H2,(H,22,25)/b9-7-. The number of carbonyl (C=O) groups is 1. The maximum Gasteiger partial charge on any atom is 0.244 e. The molecule has 4 rings (SSSR count). The molecule has 0 unspecified atom stereocenters. The van der Waals surface area contributed by atoms with Gasteiger partial charge in [0.1, 0.15) is 5.75 Å². The molecule has 0 aliphatic carbocycles. The number of nitrogens with zero attached hydrogens (tertiary/aromatic N) is 2. The van der Waals surface area contributed by atoms with E-state index < -0.39 is 0 Å². The normalized spacial score (nSPS) is 12.8. The minimum Gasteiger partial charge on any atom is -0.493 e. The number of aromatic nitrogens is 2. The van der Waals surface area contributed by atoms with Gasteiger partial charge in [0.2, 0.25) is 5.91 Å². The van der Waals surface area contributed by atoms with Crippen LogP contribution in [0.25, 0.3) is 11.8 Å². The Morgan fingerprint density at radius 3 is 3.00 bits per heavy atom. The minimum atomic E-state index is -0.130. The van der Waals surface area contributed by atoms with Crippen LogP contribution in [-0.2, 0) is 17.8 Å². The third kappa shape index (κ3) is 3.67. The van der Waals surface area contributed by atoms with Gasteiger partial charge in [-0.25, -0.2) is 4.68 Å². The smallest absolute Gasteiger partial charge is 0.244 e. The molecular formula is C21H19N3O2. The summed E-state index contributed by atoms with van der Waals surface area (Å²) in [6, 6.07) is 15.8. The van der Waals surface area contributed by atoms with Gasteiger partial charge in [-0.3, -0.25) is 4.79 Å². The summed E-state index contributed by atoms with van der Waals surface area (Å²) in [4.78, 5) is 12.1. The lowest BCUT2D eigenvalue weighted by atomic mass is 10.1. The Balaban J connectivity index is 1.33. The quantitative estimate of drug-likeness (QED) is 0.723. The monoisotopic (exact) mass is 345 g/mol. The molecule has 2 aromatic carbocycles. The van der Waals surface area contributed by atoms with E-state index in [1.165, 1.54) is 5.56 Å². The Morgan fingerprint density at radius 1 is 1.23 bits per heavy atom. The molecule has 1 aliphatic heterocycles.